The van der Waals surface area contributed by atoms with Crippen LogP contribution in [0.2, 0.25) is 5.02 Å². The molecule has 0 bridgehead atoms. The molecule has 5 heteroatoms. The normalized spacial score (nSPS) is 11.1. The van der Waals surface area contributed by atoms with Crippen molar-refractivity contribution in [2.24, 2.45) is 0 Å². The number of aryl methyl sites for hydroxylation is 2. The zero-order valence-corrected chi connectivity index (χ0v) is 17.7. The first-order chi connectivity index (χ1) is 14.4. The summed E-state index contributed by atoms with van der Waals surface area (Å²) in [4.78, 5) is 25.5. The summed E-state index contributed by atoms with van der Waals surface area (Å²) in [6.45, 7) is 4.32. The van der Waals surface area contributed by atoms with E-state index in [0.717, 1.165) is 22.3 Å². The second kappa shape index (κ2) is 9.90. The molecule has 0 heterocycles. The topological polar surface area (TPSA) is 58.2 Å². The van der Waals surface area contributed by atoms with Crippen molar-refractivity contribution in [3.8, 4) is 0 Å². The minimum absolute atomic E-state index is 0.162. The molecule has 3 aromatic carbocycles. The number of halogens is 1. The van der Waals surface area contributed by atoms with Crippen molar-refractivity contribution in [2.75, 3.05) is 0 Å². The summed E-state index contributed by atoms with van der Waals surface area (Å²) in [6, 6.07) is 22.1. The standard InChI is InChI=1S/C25H23ClN2O2/c1-17-3-7-20(8-4-17)16-27-25(30)23(15-19-9-13-22(26)14-10-19)28-24(29)21-11-5-18(2)6-12-21/h3-15H,16H2,1-2H3,(H,27,30)(H,28,29)/b23-15+. The summed E-state index contributed by atoms with van der Waals surface area (Å²) in [6.07, 6.45) is 1.63. The van der Waals surface area contributed by atoms with Crippen molar-refractivity contribution in [3.05, 3.63) is 111 Å². The molecule has 4 nitrogen and oxygen atoms in total. The lowest BCUT2D eigenvalue weighted by atomic mass is 10.1. The lowest BCUT2D eigenvalue weighted by Crippen LogP contribution is -2.34. The highest BCUT2D eigenvalue weighted by Gasteiger charge is 2.14. The maximum absolute atomic E-state index is 12.9. The average Bonchev–Trinajstić information content (AvgIpc) is 2.74. The van der Waals surface area contributed by atoms with Crippen LogP contribution in [-0.2, 0) is 11.3 Å². The Kier molecular flexibility index (Phi) is 7.04. The third kappa shape index (κ3) is 6.06. The summed E-state index contributed by atoms with van der Waals surface area (Å²) in [7, 11) is 0. The van der Waals surface area contributed by atoms with Crippen LogP contribution in [0.4, 0.5) is 0 Å². The van der Waals surface area contributed by atoms with E-state index in [1.807, 2.05) is 50.2 Å². The average molecular weight is 419 g/mol. The Morgan fingerprint density at radius 2 is 1.40 bits per heavy atom. The first-order valence-electron chi connectivity index (χ1n) is 9.60. The number of rotatable bonds is 6. The maximum atomic E-state index is 12.9. The van der Waals surface area contributed by atoms with Crippen LogP contribution in [0.15, 0.2) is 78.5 Å². The van der Waals surface area contributed by atoms with Gasteiger partial charge in [-0.15, -0.1) is 0 Å². The Bertz CT molecular complexity index is 1050. The van der Waals surface area contributed by atoms with Gasteiger partial charge in [0.05, 0.1) is 0 Å². The predicted molar refractivity (Wildman–Crippen MR) is 121 cm³/mol. The molecule has 152 valence electrons. The van der Waals surface area contributed by atoms with Gasteiger partial charge in [-0.2, -0.15) is 0 Å². The molecule has 2 N–H and O–H groups in total. The minimum atomic E-state index is -0.369. The van der Waals surface area contributed by atoms with E-state index in [-0.39, 0.29) is 17.5 Å². The second-order valence-electron chi connectivity index (χ2n) is 7.10. The van der Waals surface area contributed by atoms with Crippen molar-refractivity contribution < 1.29 is 9.59 Å². The molecule has 3 aromatic rings. The molecule has 0 unspecified atom stereocenters. The summed E-state index contributed by atoms with van der Waals surface area (Å²) in [5.41, 5.74) is 4.58. The van der Waals surface area contributed by atoms with E-state index < -0.39 is 0 Å². The SMILES string of the molecule is Cc1ccc(CNC(=O)/C(=C\c2ccc(Cl)cc2)NC(=O)c2ccc(C)cc2)cc1. The van der Waals surface area contributed by atoms with E-state index in [4.69, 9.17) is 11.6 Å². The Morgan fingerprint density at radius 1 is 0.833 bits per heavy atom. The first-order valence-corrected chi connectivity index (χ1v) is 9.97. The zero-order chi connectivity index (χ0) is 21.5. The lowest BCUT2D eigenvalue weighted by Gasteiger charge is -2.12. The molecule has 2 amide bonds. The number of carbonyl (C=O) groups excluding carboxylic acids is 2. The van der Waals surface area contributed by atoms with E-state index >= 15 is 0 Å². The molecule has 0 fully saturated rings. The third-order valence-corrected chi connectivity index (χ3v) is 4.81. The number of carbonyl (C=O) groups is 2. The van der Waals surface area contributed by atoms with Crippen LogP contribution in [0.25, 0.3) is 6.08 Å². The molecule has 0 atom stereocenters. The van der Waals surface area contributed by atoms with Gasteiger partial charge in [-0.1, -0.05) is 71.3 Å². The Hall–Kier alpha value is -3.37. The zero-order valence-electron chi connectivity index (χ0n) is 16.9. The Morgan fingerprint density at radius 3 is 2.00 bits per heavy atom. The third-order valence-electron chi connectivity index (χ3n) is 4.56. The maximum Gasteiger partial charge on any atom is 0.268 e. The van der Waals surface area contributed by atoms with Crippen molar-refractivity contribution in [1.29, 1.82) is 0 Å². The molecule has 0 aliphatic carbocycles. The van der Waals surface area contributed by atoms with E-state index in [2.05, 4.69) is 10.6 Å². The smallest absolute Gasteiger partial charge is 0.268 e. The van der Waals surface area contributed by atoms with Crippen molar-refractivity contribution in [3.63, 3.8) is 0 Å². The fourth-order valence-electron chi connectivity index (χ4n) is 2.77. The quantitative estimate of drug-likeness (QED) is 0.550. The molecule has 30 heavy (non-hydrogen) atoms. The van der Waals surface area contributed by atoms with Crippen molar-refractivity contribution in [1.82, 2.24) is 10.6 Å². The highest BCUT2D eigenvalue weighted by atomic mass is 35.5. The van der Waals surface area contributed by atoms with Crippen LogP contribution in [0, 0.1) is 13.8 Å². The summed E-state index contributed by atoms with van der Waals surface area (Å²) < 4.78 is 0. The van der Waals surface area contributed by atoms with Gasteiger partial charge in [-0.3, -0.25) is 9.59 Å². The molecule has 0 aliphatic heterocycles. The van der Waals surface area contributed by atoms with E-state index in [0.29, 0.717) is 17.1 Å². The molecule has 0 saturated carbocycles. The van der Waals surface area contributed by atoms with Crippen molar-refractivity contribution >= 4 is 29.5 Å². The predicted octanol–water partition coefficient (Wildman–Crippen LogP) is 5.04. The van der Waals surface area contributed by atoms with E-state index in [1.165, 1.54) is 0 Å². The van der Waals surface area contributed by atoms with Gasteiger partial charge >= 0.3 is 0 Å². The van der Waals surface area contributed by atoms with Gasteiger partial charge in [-0.25, -0.2) is 0 Å². The number of hydrogen-bond donors (Lipinski definition) is 2. The highest BCUT2D eigenvalue weighted by Crippen LogP contribution is 2.13. The van der Waals surface area contributed by atoms with Crippen LogP contribution >= 0.6 is 11.6 Å². The van der Waals surface area contributed by atoms with Crippen LogP contribution in [0.1, 0.15) is 32.6 Å². The fourth-order valence-corrected chi connectivity index (χ4v) is 2.89. The number of nitrogens with one attached hydrogen (secondary N) is 2. The molecular weight excluding hydrogens is 396 g/mol. The van der Waals surface area contributed by atoms with Gasteiger partial charge in [0, 0.05) is 17.1 Å². The molecule has 0 saturated heterocycles. The van der Waals surface area contributed by atoms with Crippen LogP contribution in [0.3, 0.4) is 0 Å². The van der Waals surface area contributed by atoms with Gasteiger partial charge in [-0.05, 0) is 55.3 Å². The first kappa shape index (κ1) is 21.3. The monoisotopic (exact) mass is 418 g/mol. The largest absolute Gasteiger partial charge is 0.347 e. The Labute approximate surface area is 181 Å². The minimum Gasteiger partial charge on any atom is -0.347 e. The highest BCUT2D eigenvalue weighted by molar-refractivity contribution is 6.30. The summed E-state index contributed by atoms with van der Waals surface area (Å²) in [5, 5.41) is 6.20. The van der Waals surface area contributed by atoms with Gasteiger partial charge in [0.1, 0.15) is 5.70 Å². The summed E-state index contributed by atoms with van der Waals surface area (Å²) >= 11 is 5.95. The van der Waals surface area contributed by atoms with Crippen molar-refractivity contribution in [2.45, 2.75) is 20.4 Å². The van der Waals surface area contributed by atoms with E-state index in [9.17, 15) is 9.59 Å². The molecule has 0 radical (unpaired) electrons. The number of hydrogen-bond acceptors (Lipinski definition) is 2. The van der Waals surface area contributed by atoms with Crippen LogP contribution in [-0.4, -0.2) is 11.8 Å². The fraction of sp³-hybridized carbons (Fsp3) is 0.120. The van der Waals surface area contributed by atoms with Crippen LogP contribution in [0.5, 0.6) is 0 Å². The number of amides is 2. The number of benzene rings is 3. The van der Waals surface area contributed by atoms with E-state index in [1.54, 1.807) is 42.5 Å². The van der Waals surface area contributed by atoms with Gasteiger partial charge in [0.2, 0.25) is 0 Å². The molecule has 0 aromatic heterocycles. The molecule has 0 spiro atoms. The van der Waals surface area contributed by atoms with Gasteiger partial charge in [0.15, 0.2) is 0 Å². The Balaban J connectivity index is 1.79. The molecular formula is C25H23ClN2O2. The lowest BCUT2D eigenvalue weighted by molar-refractivity contribution is -0.117. The van der Waals surface area contributed by atoms with Gasteiger partial charge < -0.3 is 10.6 Å². The van der Waals surface area contributed by atoms with Crippen LogP contribution < -0.4 is 10.6 Å². The van der Waals surface area contributed by atoms with Gasteiger partial charge in [0.25, 0.3) is 11.8 Å². The molecule has 3 rings (SSSR count). The summed E-state index contributed by atoms with van der Waals surface area (Å²) in [5.74, 6) is -0.716. The second-order valence-corrected chi connectivity index (χ2v) is 7.53. The molecule has 0 aliphatic rings.